The van der Waals surface area contributed by atoms with Crippen molar-refractivity contribution in [2.75, 3.05) is 39.8 Å². The van der Waals surface area contributed by atoms with Gasteiger partial charge >= 0.3 is 0 Å². The van der Waals surface area contributed by atoms with Gasteiger partial charge in [0.2, 0.25) is 0 Å². The zero-order valence-corrected chi connectivity index (χ0v) is 14.4. The van der Waals surface area contributed by atoms with E-state index in [1.165, 1.54) is 30.6 Å². The Morgan fingerprint density at radius 2 is 1.52 bits per heavy atom. The maximum Gasteiger partial charge on any atom is 0.0233 e. The number of nitrogens with zero attached hydrogens (tertiary/aromatic N) is 2. The first-order chi connectivity index (χ1) is 10.2. The Bertz CT molecular complexity index is 374. The van der Waals surface area contributed by atoms with Crippen molar-refractivity contribution in [2.24, 2.45) is 0 Å². The zero-order valence-electron chi connectivity index (χ0n) is 14.4. The van der Waals surface area contributed by atoms with Crippen LogP contribution >= 0.6 is 0 Å². The second-order valence-corrected chi connectivity index (χ2v) is 5.60. The summed E-state index contributed by atoms with van der Waals surface area (Å²) in [6.07, 6.45) is 1.26. The molecular weight excluding hydrogens is 258 g/mol. The highest BCUT2D eigenvalue weighted by atomic mass is 15.1. The van der Waals surface area contributed by atoms with Crippen LogP contribution in [-0.4, -0.2) is 49.6 Å². The molecule has 0 radical (unpaired) electrons. The first-order valence-electron chi connectivity index (χ1n) is 8.40. The van der Waals surface area contributed by atoms with Crippen LogP contribution in [0.15, 0.2) is 24.3 Å². The summed E-state index contributed by atoms with van der Waals surface area (Å²) in [5.41, 5.74) is 2.79. The van der Waals surface area contributed by atoms with Gasteiger partial charge < -0.3 is 10.2 Å². The van der Waals surface area contributed by atoms with Gasteiger partial charge in [-0.25, -0.2) is 0 Å². The van der Waals surface area contributed by atoms with E-state index in [4.69, 9.17) is 0 Å². The molecule has 3 heteroatoms. The Labute approximate surface area is 131 Å². The Balaban J connectivity index is 2.44. The molecule has 120 valence electrons. The molecule has 0 unspecified atom stereocenters. The van der Waals surface area contributed by atoms with E-state index < -0.39 is 0 Å². The number of hydrogen-bond acceptors (Lipinski definition) is 3. The quantitative estimate of drug-likeness (QED) is 0.676. The number of benzene rings is 1. The normalized spacial score (nSPS) is 11.5. The summed E-state index contributed by atoms with van der Waals surface area (Å²) < 4.78 is 0. The number of rotatable bonds is 11. The summed E-state index contributed by atoms with van der Waals surface area (Å²) in [4.78, 5) is 5.05. The minimum atomic E-state index is 0.946. The molecule has 1 aromatic rings. The molecule has 0 fully saturated rings. The Kier molecular flexibility index (Phi) is 9.31. The summed E-state index contributed by atoms with van der Waals surface area (Å²) >= 11 is 0. The molecule has 0 aliphatic rings. The van der Waals surface area contributed by atoms with Gasteiger partial charge in [-0.2, -0.15) is 0 Å². The van der Waals surface area contributed by atoms with Crippen LogP contribution in [0.5, 0.6) is 0 Å². The average Bonchev–Trinajstić information content (AvgIpc) is 2.51. The van der Waals surface area contributed by atoms with Gasteiger partial charge in [0, 0.05) is 13.1 Å². The zero-order chi connectivity index (χ0) is 15.5. The van der Waals surface area contributed by atoms with Gasteiger partial charge in [0.25, 0.3) is 0 Å². The minimum Gasteiger partial charge on any atom is -0.316 e. The van der Waals surface area contributed by atoms with E-state index >= 15 is 0 Å². The summed E-state index contributed by atoms with van der Waals surface area (Å²) in [5, 5.41) is 3.22. The van der Waals surface area contributed by atoms with E-state index in [1.807, 2.05) is 7.05 Å². The smallest absolute Gasteiger partial charge is 0.0233 e. The maximum atomic E-state index is 3.22. The third-order valence-corrected chi connectivity index (χ3v) is 4.07. The van der Waals surface area contributed by atoms with Gasteiger partial charge in [0.15, 0.2) is 0 Å². The summed E-state index contributed by atoms with van der Waals surface area (Å²) in [5.74, 6) is 0. The van der Waals surface area contributed by atoms with Crippen LogP contribution in [-0.2, 0) is 13.1 Å². The van der Waals surface area contributed by atoms with Crippen LogP contribution in [0.3, 0.4) is 0 Å². The topological polar surface area (TPSA) is 18.5 Å². The van der Waals surface area contributed by atoms with Crippen LogP contribution in [0.4, 0.5) is 0 Å². The van der Waals surface area contributed by atoms with Crippen LogP contribution < -0.4 is 5.32 Å². The van der Waals surface area contributed by atoms with E-state index in [9.17, 15) is 0 Å². The van der Waals surface area contributed by atoms with Gasteiger partial charge in [-0.05, 0) is 57.3 Å². The van der Waals surface area contributed by atoms with Crippen molar-refractivity contribution in [1.82, 2.24) is 15.1 Å². The predicted molar refractivity (Wildman–Crippen MR) is 92.6 cm³/mol. The molecule has 3 nitrogen and oxygen atoms in total. The predicted octanol–water partition coefficient (Wildman–Crippen LogP) is 2.96. The van der Waals surface area contributed by atoms with E-state index in [-0.39, 0.29) is 0 Å². The first kappa shape index (κ1) is 18.1. The van der Waals surface area contributed by atoms with Gasteiger partial charge in [0.1, 0.15) is 0 Å². The molecule has 21 heavy (non-hydrogen) atoms. The molecule has 0 bridgehead atoms. The van der Waals surface area contributed by atoms with Crippen molar-refractivity contribution in [1.29, 1.82) is 0 Å². The van der Waals surface area contributed by atoms with Crippen LogP contribution in [0.25, 0.3) is 0 Å². The summed E-state index contributed by atoms with van der Waals surface area (Å²) in [6.45, 7) is 14.6. The molecule has 0 saturated heterocycles. The van der Waals surface area contributed by atoms with Gasteiger partial charge in [-0.15, -0.1) is 0 Å². The highest BCUT2D eigenvalue weighted by molar-refractivity contribution is 5.23. The molecule has 0 heterocycles. The largest absolute Gasteiger partial charge is 0.316 e. The van der Waals surface area contributed by atoms with Crippen molar-refractivity contribution in [3.63, 3.8) is 0 Å². The fourth-order valence-corrected chi connectivity index (χ4v) is 2.71. The summed E-state index contributed by atoms with van der Waals surface area (Å²) in [6, 6.07) is 8.93. The van der Waals surface area contributed by atoms with Gasteiger partial charge in [-0.3, -0.25) is 4.90 Å². The summed E-state index contributed by atoms with van der Waals surface area (Å²) in [7, 11) is 2.00. The van der Waals surface area contributed by atoms with Crippen LogP contribution in [0.1, 0.15) is 38.3 Å². The molecule has 0 saturated carbocycles. The Hall–Kier alpha value is -0.900. The molecule has 1 rings (SSSR count). The third kappa shape index (κ3) is 7.07. The van der Waals surface area contributed by atoms with Gasteiger partial charge in [-0.1, -0.05) is 45.0 Å². The fourth-order valence-electron chi connectivity index (χ4n) is 2.71. The van der Waals surface area contributed by atoms with E-state index in [0.717, 1.165) is 32.7 Å². The molecule has 0 aromatic heterocycles. The molecule has 0 atom stereocenters. The van der Waals surface area contributed by atoms with E-state index in [2.05, 4.69) is 60.2 Å². The SMILES string of the molecule is CCN(CC)CCCN(CC)Cc1cccc(CNC)c1. The Morgan fingerprint density at radius 1 is 0.905 bits per heavy atom. The second-order valence-electron chi connectivity index (χ2n) is 5.60. The highest BCUT2D eigenvalue weighted by Crippen LogP contribution is 2.09. The lowest BCUT2D eigenvalue weighted by Gasteiger charge is -2.23. The van der Waals surface area contributed by atoms with E-state index in [0.29, 0.717) is 0 Å². The molecule has 1 aromatic carbocycles. The van der Waals surface area contributed by atoms with Gasteiger partial charge in [0.05, 0.1) is 0 Å². The monoisotopic (exact) mass is 291 g/mol. The minimum absolute atomic E-state index is 0.946. The number of hydrogen-bond donors (Lipinski definition) is 1. The van der Waals surface area contributed by atoms with Crippen molar-refractivity contribution >= 4 is 0 Å². The van der Waals surface area contributed by atoms with Crippen molar-refractivity contribution < 1.29 is 0 Å². The lowest BCUT2D eigenvalue weighted by molar-refractivity contribution is 0.238. The van der Waals surface area contributed by atoms with Crippen LogP contribution in [0.2, 0.25) is 0 Å². The molecule has 1 N–H and O–H groups in total. The molecule has 0 aliphatic heterocycles. The fraction of sp³-hybridized carbons (Fsp3) is 0.667. The lowest BCUT2D eigenvalue weighted by Crippen LogP contribution is -2.29. The van der Waals surface area contributed by atoms with Crippen molar-refractivity contribution in [3.8, 4) is 0 Å². The number of nitrogens with one attached hydrogen (secondary N) is 1. The van der Waals surface area contributed by atoms with E-state index in [1.54, 1.807) is 0 Å². The standard InChI is InChI=1S/C18H33N3/c1-5-20(6-2)12-9-13-21(7-3)16-18-11-8-10-17(14-18)15-19-4/h8,10-11,14,19H,5-7,9,12-13,15-16H2,1-4H3. The maximum absolute atomic E-state index is 3.22. The van der Waals surface area contributed by atoms with Crippen LogP contribution in [0, 0.1) is 0 Å². The average molecular weight is 291 g/mol. The van der Waals surface area contributed by atoms with Crippen molar-refractivity contribution in [3.05, 3.63) is 35.4 Å². The molecule has 0 aliphatic carbocycles. The lowest BCUT2D eigenvalue weighted by atomic mass is 10.1. The Morgan fingerprint density at radius 3 is 2.14 bits per heavy atom. The molecule has 0 amide bonds. The first-order valence-corrected chi connectivity index (χ1v) is 8.40. The third-order valence-electron chi connectivity index (χ3n) is 4.07. The van der Waals surface area contributed by atoms with Crippen molar-refractivity contribution in [2.45, 2.75) is 40.3 Å². The second kappa shape index (κ2) is 10.8. The highest BCUT2D eigenvalue weighted by Gasteiger charge is 2.06. The molecule has 0 spiro atoms. The molecular formula is C18H33N3.